The zero-order chi connectivity index (χ0) is 22.5. The molecule has 0 spiro atoms. The minimum atomic E-state index is -0.824. The Kier molecular flexibility index (Phi) is 17.9. The van der Waals surface area contributed by atoms with E-state index in [0.717, 1.165) is 71.2 Å². The van der Waals surface area contributed by atoms with Crippen LogP contribution < -0.4 is 0 Å². The van der Waals surface area contributed by atoms with Gasteiger partial charge >= 0.3 is 0 Å². The first-order valence-electron chi connectivity index (χ1n) is 13.2. The lowest BCUT2D eigenvalue weighted by Crippen LogP contribution is -2.40. The van der Waals surface area contributed by atoms with Crippen molar-refractivity contribution in [1.82, 2.24) is 0 Å². The summed E-state index contributed by atoms with van der Waals surface area (Å²) in [6.45, 7) is 8.74. The number of benzene rings is 1. The standard InChI is InChI=1S/C28H50O3/c1-4-7-24-29-28(30-25-8-5-2,31-26-9-6-3)23-19-14-12-10-11-13-16-20-27-21-17-15-18-22-27/h15,17-18,21-22H,4-14,16,19-20,23-26H2,1-3H3. The topological polar surface area (TPSA) is 27.7 Å². The van der Waals surface area contributed by atoms with Gasteiger partial charge in [-0.1, -0.05) is 102 Å². The van der Waals surface area contributed by atoms with Crippen molar-refractivity contribution in [2.45, 2.75) is 123 Å². The number of aryl methyl sites for hydroxylation is 1. The van der Waals surface area contributed by atoms with Gasteiger partial charge in [0.25, 0.3) is 5.97 Å². The third-order valence-corrected chi connectivity index (χ3v) is 5.75. The molecule has 0 bridgehead atoms. The highest BCUT2D eigenvalue weighted by Gasteiger charge is 2.32. The molecule has 0 aliphatic rings. The van der Waals surface area contributed by atoms with E-state index in [2.05, 4.69) is 51.1 Å². The maximum Gasteiger partial charge on any atom is 0.282 e. The number of hydrogen-bond donors (Lipinski definition) is 0. The molecular formula is C28H50O3. The van der Waals surface area contributed by atoms with Crippen LogP contribution in [0.5, 0.6) is 0 Å². The molecule has 0 aliphatic heterocycles. The molecule has 0 fully saturated rings. The van der Waals surface area contributed by atoms with Crippen LogP contribution in [0.15, 0.2) is 30.3 Å². The molecular weight excluding hydrogens is 384 g/mol. The second-order valence-electron chi connectivity index (χ2n) is 8.75. The van der Waals surface area contributed by atoms with Crippen LogP contribution in [0.1, 0.15) is 116 Å². The van der Waals surface area contributed by atoms with Crippen LogP contribution >= 0.6 is 0 Å². The van der Waals surface area contributed by atoms with E-state index in [4.69, 9.17) is 14.2 Å². The SMILES string of the molecule is CCCCOC(CCCCCCCCCc1ccccc1)(OCCCC)OCCCC. The van der Waals surface area contributed by atoms with E-state index in [9.17, 15) is 0 Å². The number of ether oxygens (including phenoxy) is 3. The average Bonchev–Trinajstić information content (AvgIpc) is 2.79. The smallest absolute Gasteiger partial charge is 0.282 e. The zero-order valence-electron chi connectivity index (χ0n) is 20.8. The van der Waals surface area contributed by atoms with E-state index >= 15 is 0 Å². The van der Waals surface area contributed by atoms with E-state index in [1.807, 2.05) is 0 Å². The van der Waals surface area contributed by atoms with Crippen molar-refractivity contribution in [2.75, 3.05) is 19.8 Å². The first-order chi connectivity index (χ1) is 15.3. The number of rotatable bonds is 22. The molecule has 0 atom stereocenters. The van der Waals surface area contributed by atoms with Crippen molar-refractivity contribution in [2.24, 2.45) is 0 Å². The summed E-state index contributed by atoms with van der Waals surface area (Å²) in [6.07, 6.45) is 17.5. The van der Waals surface area contributed by atoms with Crippen LogP contribution in [0.4, 0.5) is 0 Å². The highest BCUT2D eigenvalue weighted by Crippen LogP contribution is 2.26. The Hall–Kier alpha value is -0.900. The first-order valence-corrected chi connectivity index (χ1v) is 13.2. The van der Waals surface area contributed by atoms with Gasteiger partial charge in [0.15, 0.2) is 0 Å². The van der Waals surface area contributed by atoms with Gasteiger partial charge in [0.1, 0.15) is 0 Å². The Balaban J connectivity index is 2.29. The summed E-state index contributed by atoms with van der Waals surface area (Å²) in [4.78, 5) is 0. The van der Waals surface area contributed by atoms with Crippen LogP contribution in [0.2, 0.25) is 0 Å². The molecule has 0 saturated heterocycles. The lowest BCUT2D eigenvalue weighted by molar-refractivity contribution is -0.384. The van der Waals surface area contributed by atoms with Crippen molar-refractivity contribution < 1.29 is 14.2 Å². The summed E-state index contributed by atoms with van der Waals surface area (Å²) >= 11 is 0. The summed E-state index contributed by atoms with van der Waals surface area (Å²) in [6, 6.07) is 10.8. The van der Waals surface area contributed by atoms with Crippen molar-refractivity contribution in [1.29, 1.82) is 0 Å². The van der Waals surface area contributed by atoms with Gasteiger partial charge in [-0.3, -0.25) is 0 Å². The van der Waals surface area contributed by atoms with E-state index in [1.165, 1.54) is 50.5 Å². The number of hydrogen-bond acceptors (Lipinski definition) is 3. The molecule has 1 aromatic carbocycles. The quantitative estimate of drug-likeness (QED) is 0.135. The van der Waals surface area contributed by atoms with E-state index in [1.54, 1.807) is 0 Å². The first kappa shape index (κ1) is 28.1. The lowest BCUT2D eigenvalue weighted by atomic mass is 10.0. The monoisotopic (exact) mass is 434 g/mol. The maximum absolute atomic E-state index is 6.22. The Morgan fingerprint density at radius 2 is 1.00 bits per heavy atom. The third kappa shape index (κ3) is 14.7. The average molecular weight is 435 g/mol. The van der Waals surface area contributed by atoms with E-state index < -0.39 is 5.97 Å². The Morgan fingerprint density at radius 1 is 0.548 bits per heavy atom. The second kappa shape index (κ2) is 19.8. The van der Waals surface area contributed by atoms with E-state index in [0.29, 0.717) is 0 Å². The molecule has 0 N–H and O–H groups in total. The molecule has 0 aliphatic carbocycles. The van der Waals surface area contributed by atoms with Gasteiger partial charge < -0.3 is 14.2 Å². The zero-order valence-corrected chi connectivity index (χ0v) is 20.8. The van der Waals surface area contributed by atoms with Gasteiger partial charge in [0, 0.05) is 6.42 Å². The molecule has 3 heteroatoms. The molecule has 1 aromatic rings. The van der Waals surface area contributed by atoms with Crippen LogP contribution in [0, 0.1) is 0 Å². The highest BCUT2D eigenvalue weighted by molar-refractivity contribution is 5.14. The number of unbranched alkanes of at least 4 members (excludes halogenated alkanes) is 9. The predicted octanol–water partition coefficient (Wildman–Crippen LogP) is 8.45. The van der Waals surface area contributed by atoms with Crippen LogP contribution in [0.25, 0.3) is 0 Å². The molecule has 1 rings (SSSR count). The van der Waals surface area contributed by atoms with Crippen molar-refractivity contribution in [3.8, 4) is 0 Å². The summed E-state index contributed by atoms with van der Waals surface area (Å²) < 4.78 is 18.7. The molecule has 0 aromatic heterocycles. The maximum atomic E-state index is 6.22. The van der Waals surface area contributed by atoms with E-state index in [-0.39, 0.29) is 0 Å². The molecule has 0 radical (unpaired) electrons. The van der Waals surface area contributed by atoms with Crippen LogP contribution in [-0.4, -0.2) is 25.8 Å². The van der Waals surface area contributed by atoms with Gasteiger partial charge in [-0.25, -0.2) is 0 Å². The fraction of sp³-hybridized carbons (Fsp3) is 0.786. The van der Waals surface area contributed by atoms with Gasteiger partial charge in [-0.05, 0) is 44.1 Å². The summed E-state index contributed by atoms with van der Waals surface area (Å²) in [5, 5.41) is 0. The fourth-order valence-electron chi connectivity index (χ4n) is 3.66. The highest BCUT2D eigenvalue weighted by atomic mass is 16.9. The summed E-state index contributed by atoms with van der Waals surface area (Å²) in [5.74, 6) is -0.824. The summed E-state index contributed by atoms with van der Waals surface area (Å²) in [7, 11) is 0. The Morgan fingerprint density at radius 3 is 1.48 bits per heavy atom. The van der Waals surface area contributed by atoms with Crippen LogP contribution in [-0.2, 0) is 20.6 Å². The molecule has 3 nitrogen and oxygen atoms in total. The lowest BCUT2D eigenvalue weighted by Gasteiger charge is -2.33. The minimum Gasteiger partial charge on any atom is -0.327 e. The molecule has 0 heterocycles. The van der Waals surface area contributed by atoms with Crippen molar-refractivity contribution >= 4 is 0 Å². The molecule has 0 unspecified atom stereocenters. The van der Waals surface area contributed by atoms with Gasteiger partial charge in [-0.15, -0.1) is 0 Å². The third-order valence-electron chi connectivity index (χ3n) is 5.75. The van der Waals surface area contributed by atoms with Crippen molar-refractivity contribution in [3.05, 3.63) is 35.9 Å². The molecule has 180 valence electrons. The summed E-state index contributed by atoms with van der Waals surface area (Å²) in [5.41, 5.74) is 1.47. The largest absolute Gasteiger partial charge is 0.327 e. The Bertz CT molecular complexity index is 462. The fourth-order valence-corrected chi connectivity index (χ4v) is 3.66. The second-order valence-corrected chi connectivity index (χ2v) is 8.75. The van der Waals surface area contributed by atoms with Gasteiger partial charge in [-0.2, -0.15) is 0 Å². The molecule has 31 heavy (non-hydrogen) atoms. The van der Waals surface area contributed by atoms with Crippen molar-refractivity contribution in [3.63, 3.8) is 0 Å². The normalized spacial score (nSPS) is 11.8. The molecule has 0 amide bonds. The predicted molar refractivity (Wildman–Crippen MR) is 132 cm³/mol. The van der Waals surface area contributed by atoms with Gasteiger partial charge in [0.2, 0.25) is 0 Å². The van der Waals surface area contributed by atoms with Crippen LogP contribution in [0.3, 0.4) is 0 Å². The van der Waals surface area contributed by atoms with Gasteiger partial charge in [0.05, 0.1) is 19.8 Å². The Labute approximate surface area is 193 Å². The molecule has 0 saturated carbocycles. The minimum absolute atomic E-state index is 0.718.